The number of halogens is 2. The largest absolute Gasteiger partial charge is 0.495 e. The van der Waals surface area contributed by atoms with Gasteiger partial charge in [0.2, 0.25) is 5.91 Å². The minimum absolute atomic E-state index is 0.0946. The number of hydrogen-bond donors (Lipinski definition) is 1. The summed E-state index contributed by atoms with van der Waals surface area (Å²) in [6.45, 7) is 4.41. The number of carbonyl (C=O) groups excluding carboxylic acids is 1. The lowest BCUT2D eigenvalue weighted by Gasteiger charge is -2.33. The Labute approximate surface area is 195 Å². The van der Waals surface area contributed by atoms with E-state index in [4.69, 9.17) is 21.3 Å². The summed E-state index contributed by atoms with van der Waals surface area (Å²) in [6.07, 6.45) is 0. The molecule has 0 atom stereocenters. The number of nitrogens with one attached hydrogen (secondary N) is 1. The molecule has 4 rings (SSSR count). The van der Waals surface area contributed by atoms with Gasteiger partial charge in [0.25, 0.3) is 0 Å². The maximum absolute atomic E-state index is 13.1. The van der Waals surface area contributed by atoms with Gasteiger partial charge in [0.15, 0.2) is 0 Å². The van der Waals surface area contributed by atoms with Crippen LogP contribution in [0.2, 0.25) is 5.02 Å². The van der Waals surface area contributed by atoms with Crippen LogP contribution in [0.15, 0.2) is 47.8 Å². The van der Waals surface area contributed by atoms with Gasteiger partial charge in [-0.05, 0) is 42.5 Å². The van der Waals surface area contributed by atoms with Crippen LogP contribution in [0.25, 0.3) is 11.3 Å². The normalized spacial score (nSPS) is 15.0. The molecule has 0 aliphatic carbocycles. The van der Waals surface area contributed by atoms with Crippen molar-refractivity contribution in [3.8, 4) is 17.0 Å². The van der Waals surface area contributed by atoms with Gasteiger partial charge < -0.3 is 10.1 Å². The van der Waals surface area contributed by atoms with E-state index in [-0.39, 0.29) is 11.7 Å². The van der Waals surface area contributed by atoms with Crippen molar-refractivity contribution in [2.24, 2.45) is 0 Å². The minimum atomic E-state index is -0.248. The smallest absolute Gasteiger partial charge is 0.238 e. The molecular formula is C23H24ClFN4O2S. The molecule has 0 spiro atoms. The van der Waals surface area contributed by atoms with Crippen molar-refractivity contribution in [1.82, 2.24) is 14.8 Å². The molecule has 1 fully saturated rings. The number of aromatic nitrogens is 1. The van der Waals surface area contributed by atoms with E-state index in [1.54, 1.807) is 48.8 Å². The molecule has 1 saturated heterocycles. The first-order chi connectivity index (χ1) is 15.5. The molecule has 1 amide bonds. The van der Waals surface area contributed by atoms with Crippen LogP contribution in [-0.4, -0.2) is 60.5 Å². The average Bonchev–Trinajstić information content (AvgIpc) is 3.24. The standard InChI is InChI=1S/C23H24ClFN4O2S/c1-31-21-7-4-17(24)12-19(21)26-22(30)13-28-8-10-29(11-9-28)14-23-27-20(15-32-23)16-2-5-18(25)6-3-16/h2-7,12,15H,8-11,13-14H2,1H3,(H,26,30). The first-order valence-electron chi connectivity index (χ1n) is 10.3. The fraction of sp³-hybridized carbons (Fsp3) is 0.304. The van der Waals surface area contributed by atoms with Gasteiger partial charge in [-0.2, -0.15) is 0 Å². The first kappa shape index (κ1) is 22.7. The summed E-state index contributed by atoms with van der Waals surface area (Å²) in [6, 6.07) is 11.5. The molecule has 168 valence electrons. The zero-order chi connectivity index (χ0) is 22.5. The molecule has 1 aromatic heterocycles. The number of anilines is 1. The Morgan fingerprint density at radius 2 is 1.88 bits per heavy atom. The summed E-state index contributed by atoms with van der Waals surface area (Å²) in [5.74, 6) is 0.237. The van der Waals surface area contributed by atoms with Gasteiger partial charge in [-0.3, -0.25) is 14.6 Å². The maximum Gasteiger partial charge on any atom is 0.238 e. The molecular weight excluding hydrogens is 451 g/mol. The van der Waals surface area contributed by atoms with Crippen LogP contribution in [0, 0.1) is 5.82 Å². The van der Waals surface area contributed by atoms with Crippen LogP contribution in [0.4, 0.5) is 10.1 Å². The second kappa shape index (κ2) is 10.4. The van der Waals surface area contributed by atoms with Crippen molar-refractivity contribution >= 4 is 34.5 Å². The molecule has 0 bridgehead atoms. The van der Waals surface area contributed by atoms with Gasteiger partial charge in [0.05, 0.1) is 31.6 Å². The first-order valence-corrected chi connectivity index (χ1v) is 11.5. The fourth-order valence-electron chi connectivity index (χ4n) is 3.60. The van der Waals surface area contributed by atoms with E-state index in [1.807, 2.05) is 5.38 Å². The number of ether oxygens (including phenoxy) is 1. The van der Waals surface area contributed by atoms with Gasteiger partial charge >= 0.3 is 0 Å². The molecule has 0 saturated carbocycles. The van der Waals surface area contributed by atoms with Crippen molar-refractivity contribution in [3.05, 3.63) is 63.7 Å². The summed E-state index contributed by atoms with van der Waals surface area (Å²) in [5.41, 5.74) is 2.36. The van der Waals surface area contributed by atoms with E-state index >= 15 is 0 Å². The van der Waals surface area contributed by atoms with Crippen LogP contribution >= 0.6 is 22.9 Å². The van der Waals surface area contributed by atoms with Gasteiger partial charge in [0, 0.05) is 42.1 Å². The monoisotopic (exact) mass is 474 g/mol. The third-order valence-electron chi connectivity index (χ3n) is 5.32. The van der Waals surface area contributed by atoms with E-state index in [1.165, 1.54) is 12.1 Å². The van der Waals surface area contributed by atoms with Gasteiger partial charge in [0.1, 0.15) is 16.6 Å². The van der Waals surface area contributed by atoms with Gasteiger partial charge in [-0.1, -0.05) is 11.6 Å². The number of benzene rings is 2. The van der Waals surface area contributed by atoms with Crippen molar-refractivity contribution in [3.63, 3.8) is 0 Å². The summed E-state index contributed by atoms with van der Waals surface area (Å²) in [7, 11) is 1.56. The number of carbonyl (C=O) groups is 1. The van der Waals surface area contributed by atoms with E-state index in [2.05, 4.69) is 15.1 Å². The lowest BCUT2D eigenvalue weighted by Crippen LogP contribution is -2.48. The predicted octanol–water partition coefficient (Wildman–Crippen LogP) is 4.37. The van der Waals surface area contributed by atoms with Crippen LogP contribution < -0.4 is 10.1 Å². The summed E-state index contributed by atoms with van der Waals surface area (Å²) in [4.78, 5) is 21.7. The minimum Gasteiger partial charge on any atom is -0.495 e. The highest BCUT2D eigenvalue weighted by molar-refractivity contribution is 7.09. The van der Waals surface area contributed by atoms with Gasteiger partial charge in [-0.15, -0.1) is 11.3 Å². The lowest BCUT2D eigenvalue weighted by atomic mass is 10.2. The second-order valence-electron chi connectivity index (χ2n) is 7.58. The maximum atomic E-state index is 13.1. The van der Waals surface area contributed by atoms with Crippen molar-refractivity contribution in [1.29, 1.82) is 0 Å². The molecule has 0 radical (unpaired) electrons. The molecule has 1 aliphatic heterocycles. The highest BCUT2D eigenvalue weighted by Gasteiger charge is 2.20. The highest BCUT2D eigenvalue weighted by atomic mass is 35.5. The Bertz CT molecular complexity index is 1070. The molecule has 2 aromatic carbocycles. The molecule has 3 aromatic rings. The number of hydrogen-bond acceptors (Lipinski definition) is 6. The zero-order valence-corrected chi connectivity index (χ0v) is 19.3. The number of thiazole rings is 1. The van der Waals surface area contributed by atoms with Crippen LogP contribution in [0.3, 0.4) is 0 Å². The topological polar surface area (TPSA) is 57.7 Å². The SMILES string of the molecule is COc1ccc(Cl)cc1NC(=O)CN1CCN(Cc2nc(-c3ccc(F)cc3)cs2)CC1. The van der Waals surface area contributed by atoms with Crippen molar-refractivity contribution < 1.29 is 13.9 Å². The second-order valence-corrected chi connectivity index (χ2v) is 8.96. The van der Waals surface area contributed by atoms with E-state index in [9.17, 15) is 9.18 Å². The number of amides is 1. The molecule has 6 nitrogen and oxygen atoms in total. The quantitative estimate of drug-likeness (QED) is 0.551. The zero-order valence-electron chi connectivity index (χ0n) is 17.7. The predicted molar refractivity (Wildman–Crippen MR) is 126 cm³/mol. The van der Waals surface area contributed by atoms with Crippen LogP contribution in [-0.2, 0) is 11.3 Å². The van der Waals surface area contributed by atoms with Crippen molar-refractivity contribution in [2.75, 3.05) is 45.2 Å². The van der Waals surface area contributed by atoms with E-state index in [0.29, 0.717) is 23.0 Å². The average molecular weight is 475 g/mol. The van der Waals surface area contributed by atoms with Crippen LogP contribution in [0.1, 0.15) is 5.01 Å². The highest BCUT2D eigenvalue weighted by Crippen LogP contribution is 2.27. The summed E-state index contributed by atoms with van der Waals surface area (Å²) < 4.78 is 18.4. The van der Waals surface area contributed by atoms with E-state index in [0.717, 1.165) is 49.0 Å². The van der Waals surface area contributed by atoms with Gasteiger partial charge in [-0.25, -0.2) is 9.37 Å². The third kappa shape index (κ3) is 5.83. The Kier molecular flexibility index (Phi) is 7.36. The Hall–Kier alpha value is -2.52. The van der Waals surface area contributed by atoms with Crippen LogP contribution in [0.5, 0.6) is 5.75 Å². The fourth-order valence-corrected chi connectivity index (χ4v) is 4.62. The summed E-state index contributed by atoms with van der Waals surface area (Å²) >= 11 is 7.64. The molecule has 1 aliphatic rings. The Morgan fingerprint density at radius 3 is 2.59 bits per heavy atom. The van der Waals surface area contributed by atoms with Crippen molar-refractivity contribution in [2.45, 2.75) is 6.54 Å². The summed E-state index contributed by atoms with van der Waals surface area (Å²) in [5, 5.41) is 6.47. The number of rotatable bonds is 7. The van der Waals surface area contributed by atoms with E-state index < -0.39 is 0 Å². The Morgan fingerprint density at radius 1 is 1.16 bits per heavy atom. The molecule has 2 heterocycles. The third-order valence-corrected chi connectivity index (χ3v) is 6.39. The molecule has 9 heteroatoms. The molecule has 0 unspecified atom stereocenters. The lowest BCUT2D eigenvalue weighted by molar-refractivity contribution is -0.117. The number of methoxy groups -OCH3 is 1. The molecule has 1 N–H and O–H groups in total. The number of nitrogens with zero attached hydrogens (tertiary/aromatic N) is 3. The number of piperazine rings is 1. The molecule has 32 heavy (non-hydrogen) atoms. The Balaban J connectivity index is 1.25.